The van der Waals surface area contributed by atoms with E-state index in [1.165, 1.54) is 10.8 Å². The predicted octanol–water partition coefficient (Wildman–Crippen LogP) is 9.69. The Morgan fingerprint density at radius 1 is 0.463 bits per heavy atom. The first-order valence-electron chi connectivity index (χ1n) is 13.8. The monoisotopic (exact) mass is 525 g/mol. The molecule has 0 bridgehead atoms. The summed E-state index contributed by atoms with van der Waals surface area (Å²) in [7, 11) is 0. The highest BCUT2D eigenvalue weighted by molar-refractivity contribution is 6.21. The summed E-state index contributed by atoms with van der Waals surface area (Å²) in [6, 6.07) is 48.8. The first-order chi connectivity index (χ1) is 20.3. The molecule has 4 heteroatoms. The van der Waals surface area contributed by atoms with Gasteiger partial charge in [0, 0.05) is 38.5 Å². The van der Waals surface area contributed by atoms with E-state index in [1.807, 2.05) is 24.3 Å². The van der Waals surface area contributed by atoms with Crippen molar-refractivity contribution in [3.63, 3.8) is 0 Å². The van der Waals surface area contributed by atoms with Crippen LogP contribution in [0, 0.1) is 0 Å². The van der Waals surface area contributed by atoms with Crippen LogP contribution in [0.3, 0.4) is 0 Å². The smallest absolute Gasteiger partial charge is 0.160 e. The molecule has 0 spiro atoms. The van der Waals surface area contributed by atoms with Gasteiger partial charge in [0.05, 0.1) is 22.1 Å². The van der Waals surface area contributed by atoms with Gasteiger partial charge in [-0.05, 0) is 54.6 Å². The van der Waals surface area contributed by atoms with Crippen LogP contribution in [-0.2, 0) is 0 Å². The summed E-state index contributed by atoms with van der Waals surface area (Å²) >= 11 is 0. The van der Waals surface area contributed by atoms with Gasteiger partial charge >= 0.3 is 0 Å². The van der Waals surface area contributed by atoms with Gasteiger partial charge in [0.1, 0.15) is 11.4 Å². The second kappa shape index (κ2) is 8.44. The molecule has 3 heterocycles. The van der Waals surface area contributed by atoms with Crippen molar-refractivity contribution < 1.29 is 4.42 Å². The van der Waals surface area contributed by atoms with E-state index < -0.39 is 0 Å². The van der Waals surface area contributed by atoms with Crippen LogP contribution in [0.25, 0.3) is 77.5 Å². The molecule has 0 aliphatic carbocycles. The molecule has 0 aliphatic heterocycles. The van der Waals surface area contributed by atoms with Crippen LogP contribution in [0.5, 0.6) is 0 Å². The number of para-hydroxylation sites is 4. The number of furan rings is 1. The molecular formula is C37H23N3O. The number of aromatic nitrogens is 3. The minimum atomic E-state index is 0.905. The SMILES string of the molecule is c1ccc(-c2nc3ccccc3n2-c2ccc(-n3c4ccccc4c4ccc5c6ccccc6oc5c43)cc2)cc1. The van der Waals surface area contributed by atoms with Gasteiger partial charge in [-0.2, -0.15) is 0 Å². The molecule has 0 saturated carbocycles. The molecule has 41 heavy (non-hydrogen) atoms. The number of nitrogens with zero attached hydrogens (tertiary/aromatic N) is 3. The standard InChI is InChI=1S/C37H23N3O/c1-2-10-24(11-3-1)37-38-31-14-6-8-16-33(31)40(37)26-20-18-25(19-21-26)39-32-15-7-4-12-27(32)29-22-23-30-28-13-5-9-17-34(28)41-36(30)35(29)39/h1-23H. The van der Waals surface area contributed by atoms with Crippen LogP contribution in [0.4, 0.5) is 0 Å². The third kappa shape index (κ3) is 3.19. The summed E-state index contributed by atoms with van der Waals surface area (Å²) in [6.07, 6.45) is 0. The lowest BCUT2D eigenvalue weighted by Crippen LogP contribution is -1.99. The molecular weight excluding hydrogens is 502 g/mol. The number of imidazole rings is 1. The molecule has 0 fully saturated rings. The second-order valence-electron chi connectivity index (χ2n) is 10.4. The third-order valence-electron chi connectivity index (χ3n) is 8.14. The maximum atomic E-state index is 6.52. The van der Waals surface area contributed by atoms with E-state index in [4.69, 9.17) is 9.40 Å². The van der Waals surface area contributed by atoms with Gasteiger partial charge in [-0.1, -0.05) is 84.9 Å². The van der Waals surface area contributed by atoms with E-state index in [0.717, 1.165) is 66.8 Å². The van der Waals surface area contributed by atoms with Crippen molar-refractivity contribution >= 4 is 54.8 Å². The molecule has 3 aromatic heterocycles. The molecule has 6 aromatic carbocycles. The number of hydrogen-bond acceptors (Lipinski definition) is 2. The van der Waals surface area contributed by atoms with Gasteiger partial charge in [-0.15, -0.1) is 0 Å². The zero-order valence-corrected chi connectivity index (χ0v) is 22.0. The first kappa shape index (κ1) is 22.2. The van der Waals surface area contributed by atoms with E-state index in [-0.39, 0.29) is 0 Å². The minimum absolute atomic E-state index is 0.905. The largest absolute Gasteiger partial charge is 0.454 e. The van der Waals surface area contributed by atoms with Crippen LogP contribution in [-0.4, -0.2) is 14.1 Å². The molecule has 0 atom stereocenters. The van der Waals surface area contributed by atoms with Gasteiger partial charge in [0.25, 0.3) is 0 Å². The van der Waals surface area contributed by atoms with Gasteiger partial charge in [-0.25, -0.2) is 4.98 Å². The van der Waals surface area contributed by atoms with Crippen molar-refractivity contribution in [2.75, 3.05) is 0 Å². The lowest BCUT2D eigenvalue weighted by molar-refractivity contribution is 0.671. The summed E-state index contributed by atoms with van der Waals surface area (Å²) < 4.78 is 11.1. The lowest BCUT2D eigenvalue weighted by Gasteiger charge is -2.12. The van der Waals surface area contributed by atoms with Crippen molar-refractivity contribution in [2.24, 2.45) is 0 Å². The Balaban J connectivity index is 1.30. The van der Waals surface area contributed by atoms with Crippen molar-refractivity contribution in [2.45, 2.75) is 0 Å². The number of rotatable bonds is 3. The fourth-order valence-corrected chi connectivity index (χ4v) is 6.32. The minimum Gasteiger partial charge on any atom is -0.454 e. The summed E-state index contributed by atoms with van der Waals surface area (Å²) in [4.78, 5) is 5.01. The van der Waals surface area contributed by atoms with Crippen LogP contribution in [0.1, 0.15) is 0 Å². The van der Waals surface area contributed by atoms with Crippen molar-refractivity contribution in [3.05, 3.63) is 140 Å². The van der Waals surface area contributed by atoms with Crippen LogP contribution >= 0.6 is 0 Å². The molecule has 0 N–H and O–H groups in total. The van der Waals surface area contributed by atoms with Crippen molar-refractivity contribution in [1.29, 1.82) is 0 Å². The average molecular weight is 526 g/mol. The molecule has 0 saturated heterocycles. The van der Waals surface area contributed by atoms with Crippen molar-refractivity contribution in [1.82, 2.24) is 14.1 Å². The Labute approximate surface area is 235 Å². The number of fused-ring (bicyclic) bond motifs is 8. The predicted molar refractivity (Wildman–Crippen MR) is 168 cm³/mol. The molecule has 0 amide bonds. The molecule has 0 radical (unpaired) electrons. The van der Waals surface area contributed by atoms with E-state index in [1.54, 1.807) is 0 Å². The first-order valence-corrected chi connectivity index (χ1v) is 13.8. The summed E-state index contributed by atoms with van der Waals surface area (Å²) in [6.45, 7) is 0. The highest BCUT2D eigenvalue weighted by Gasteiger charge is 2.19. The molecule has 9 rings (SSSR count). The molecule has 9 aromatic rings. The Bertz CT molecular complexity index is 2410. The normalized spacial score (nSPS) is 11.9. The Hall–Kier alpha value is -5.61. The van der Waals surface area contributed by atoms with E-state index >= 15 is 0 Å². The van der Waals surface area contributed by atoms with E-state index in [9.17, 15) is 0 Å². The summed E-state index contributed by atoms with van der Waals surface area (Å²) in [5.41, 5.74) is 9.35. The summed E-state index contributed by atoms with van der Waals surface area (Å²) in [5, 5.41) is 4.66. The molecule has 192 valence electrons. The van der Waals surface area contributed by atoms with Gasteiger partial charge < -0.3 is 8.98 Å². The average Bonchev–Trinajstić information content (AvgIpc) is 3.71. The van der Waals surface area contributed by atoms with Crippen LogP contribution < -0.4 is 0 Å². The summed E-state index contributed by atoms with van der Waals surface area (Å²) in [5.74, 6) is 0.931. The zero-order chi connectivity index (χ0) is 26.9. The highest BCUT2D eigenvalue weighted by atomic mass is 16.3. The van der Waals surface area contributed by atoms with E-state index in [0.29, 0.717) is 0 Å². The topological polar surface area (TPSA) is 35.9 Å². The lowest BCUT2D eigenvalue weighted by atomic mass is 10.1. The quantitative estimate of drug-likeness (QED) is 0.230. The van der Waals surface area contributed by atoms with Gasteiger partial charge in [0.15, 0.2) is 5.58 Å². The Morgan fingerprint density at radius 3 is 1.93 bits per heavy atom. The van der Waals surface area contributed by atoms with Gasteiger partial charge in [-0.3, -0.25) is 4.57 Å². The van der Waals surface area contributed by atoms with Crippen LogP contribution in [0.2, 0.25) is 0 Å². The maximum absolute atomic E-state index is 6.52. The third-order valence-corrected chi connectivity index (χ3v) is 8.14. The Kier molecular flexibility index (Phi) is 4.58. The van der Waals surface area contributed by atoms with E-state index in [2.05, 4.69) is 124 Å². The second-order valence-corrected chi connectivity index (χ2v) is 10.4. The molecule has 4 nitrogen and oxygen atoms in total. The fourth-order valence-electron chi connectivity index (χ4n) is 6.32. The van der Waals surface area contributed by atoms with Crippen molar-refractivity contribution in [3.8, 4) is 22.8 Å². The highest BCUT2D eigenvalue weighted by Crippen LogP contribution is 2.40. The zero-order valence-electron chi connectivity index (χ0n) is 22.0. The fraction of sp³-hybridized carbons (Fsp3) is 0. The molecule has 0 aliphatic rings. The van der Waals surface area contributed by atoms with Gasteiger partial charge in [0.2, 0.25) is 0 Å². The number of hydrogen-bond donors (Lipinski definition) is 0. The van der Waals surface area contributed by atoms with Crippen LogP contribution in [0.15, 0.2) is 144 Å². The maximum Gasteiger partial charge on any atom is 0.160 e. The Morgan fingerprint density at radius 2 is 1.10 bits per heavy atom. The molecule has 0 unspecified atom stereocenters. The number of benzene rings is 6.